The van der Waals surface area contributed by atoms with Gasteiger partial charge in [-0.3, -0.25) is 0 Å². The van der Waals surface area contributed by atoms with Gasteiger partial charge in [0, 0.05) is 10.8 Å². The third-order valence-corrected chi connectivity index (χ3v) is 3.88. The van der Waals surface area contributed by atoms with E-state index in [0.717, 1.165) is 32.9 Å². The van der Waals surface area contributed by atoms with Crippen molar-refractivity contribution in [1.29, 1.82) is 0 Å². The lowest BCUT2D eigenvalue weighted by Crippen LogP contribution is -2.19. The Labute approximate surface area is 115 Å². The van der Waals surface area contributed by atoms with Crippen LogP contribution in [0.2, 0.25) is 0 Å². The molecule has 0 bridgehead atoms. The van der Waals surface area contributed by atoms with Crippen LogP contribution >= 0.6 is 0 Å². The molecule has 1 aliphatic carbocycles. The monoisotopic (exact) mass is 263 g/mol. The van der Waals surface area contributed by atoms with Gasteiger partial charge in [0.2, 0.25) is 0 Å². The first-order valence-electron chi connectivity index (χ1n) is 6.61. The number of pyridine rings is 1. The second-order valence-electron chi connectivity index (χ2n) is 5.11. The molecule has 4 rings (SSSR count). The summed E-state index contributed by atoms with van der Waals surface area (Å²) >= 11 is 0. The molecule has 1 heterocycles. The molecule has 0 aliphatic heterocycles. The molecular weight excluding hydrogens is 250 g/mol. The quantitative estimate of drug-likeness (QED) is 0.613. The highest BCUT2D eigenvalue weighted by Gasteiger charge is 2.23. The standard InChI is InChI=1S/C17H13NO2/c19-16-8-6-11-12(17(16)20)5-7-15-13(11)9-10-3-1-2-4-14(10)18-15/h1-9,16-17,19-20H. The summed E-state index contributed by atoms with van der Waals surface area (Å²) in [6, 6.07) is 13.8. The molecule has 0 spiro atoms. The molecule has 0 amide bonds. The van der Waals surface area contributed by atoms with E-state index < -0.39 is 12.2 Å². The van der Waals surface area contributed by atoms with Crippen molar-refractivity contribution in [2.45, 2.75) is 12.2 Å². The predicted octanol–water partition coefficient (Wildman–Crippen LogP) is 2.81. The van der Waals surface area contributed by atoms with Crippen LogP contribution in [0.5, 0.6) is 0 Å². The largest absolute Gasteiger partial charge is 0.386 e. The Morgan fingerprint density at radius 1 is 0.950 bits per heavy atom. The minimum absolute atomic E-state index is 0.754. The van der Waals surface area contributed by atoms with E-state index in [-0.39, 0.29) is 0 Å². The number of nitrogens with zero attached hydrogens (tertiary/aromatic N) is 1. The van der Waals surface area contributed by atoms with Crippen molar-refractivity contribution in [2.75, 3.05) is 0 Å². The average molecular weight is 263 g/mol. The molecule has 0 radical (unpaired) electrons. The van der Waals surface area contributed by atoms with Gasteiger partial charge in [-0.1, -0.05) is 36.4 Å². The maximum Gasteiger partial charge on any atom is 0.109 e. The highest BCUT2D eigenvalue weighted by Crippen LogP contribution is 2.34. The second-order valence-corrected chi connectivity index (χ2v) is 5.11. The van der Waals surface area contributed by atoms with Crippen LogP contribution in [-0.2, 0) is 0 Å². The van der Waals surface area contributed by atoms with Crippen LogP contribution in [0.1, 0.15) is 17.2 Å². The summed E-state index contributed by atoms with van der Waals surface area (Å²) in [5.74, 6) is 0. The summed E-state index contributed by atoms with van der Waals surface area (Å²) in [7, 11) is 0. The van der Waals surface area contributed by atoms with Crippen LogP contribution in [0.4, 0.5) is 0 Å². The second kappa shape index (κ2) is 4.13. The van der Waals surface area contributed by atoms with E-state index >= 15 is 0 Å². The Bertz CT molecular complexity index is 854. The first-order chi connectivity index (χ1) is 9.74. The number of hydrogen-bond acceptors (Lipinski definition) is 3. The lowest BCUT2D eigenvalue weighted by Gasteiger charge is -2.22. The van der Waals surface area contributed by atoms with Crippen molar-refractivity contribution in [2.24, 2.45) is 0 Å². The summed E-state index contributed by atoms with van der Waals surface area (Å²) in [4.78, 5) is 4.65. The number of aliphatic hydroxyl groups is 2. The third-order valence-electron chi connectivity index (χ3n) is 3.88. The fraction of sp³-hybridized carbons (Fsp3) is 0.118. The van der Waals surface area contributed by atoms with Crippen molar-refractivity contribution >= 4 is 27.9 Å². The van der Waals surface area contributed by atoms with Gasteiger partial charge >= 0.3 is 0 Å². The van der Waals surface area contributed by atoms with Gasteiger partial charge in [-0.25, -0.2) is 4.98 Å². The van der Waals surface area contributed by atoms with Gasteiger partial charge in [-0.15, -0.1) is 0 Å². The normalized spacial score (nSPS) is 21.3. The molecular formula is C17H13NO2. The molecule has 0 saturated heterocycles. The molecule has 3 heteroatoms. The molecule has 2 N–H and O–H groups in total. The topological polar surface area (TPSA) is 53.4 Å². The van der Waals surface area contributed by atoms with Crippen LogP contribution in [0.15, 0.2) is 48.5 Å². The summed E-state index contributed by atoms with van der Waals surface area (Å²) in [6.07, 6.45) is 1.78. The molecule has 20 heavy (non-hydrogen) atoms. The molecule has 2 atom stereocenters. The first-order valence-corrected chi connectivity index (χ1v) is 6.61. The Balaban J connectivity index is 2.10. The summed E-state index contributed by atoms with van der Waals surface area (Å²) in [5.41, 5.74) is 3.55. The Morgan fingerprint density at radius 3 is 2.70 bits per heavy atom. The zero-order valence-corrected chi connectivity index (χ0v) is 10.7. The molecule has 0 saturated carbocycles. The van der Waals surface area contributed by atoms with Crippen LogP contribution in [0.25, 0.3) is 27.9 Å². The molecule has 2 aromatic carbocycles. The van der Waals surface area contributed by atoms with Gasteiger partial charge in [-0.05, 0) is 29.3 Å². The number of benzene rings is 2. The van der Waals surface area contributed by atoms with Gasteiger partial charge in [0.15, 0.2) is 0 Å². The van der Waals surface area contributed by atoms with Crippen LogP contribution < -0.4 is 0 Å². The Hall–Kier alpha value is -2.23. The maximum absolute atomic E-state index is 10.1. The highest BCUT2D eigenvalue weighted by atomic mass is 16.3. The molecule has 3 nitrogen and oxygen atoms in total. The molecule has 0 fully saturated rings. The van der Waals surface area contributed by atoms with Gasteiger partial charge in [0.1, 0.15) is 12.2 Å². The lowest BCUT2D eigenvalue weighted by molar-refractivity contribution is 0.0471. The van der Waals surface area contributed by atoms with Gasteiger partial charge in [0.05, 0.1) is 11.0 Å². The average Bonchev–Trinajstić information content (AvgIpc) is 2.48. The number of rotatable bonds is 0. The van der Waals surface area contributed by atoms with Crippen molar-refractivity contribution in [3.8, 4) is 0 Å². The number of aliphatic hydroxyl groups excluding tert-OH is 2. The van der Waals surface area contributed by atoms with E-state index in [1.165, 1.54) is 0 Å². The molecule has 1 aromatic heterocycles. The Kier molecular flexibility index (Phi) is 2.39. The maximum atomic E-state index is 10.1. The zero-order valence-electron chi connectivity index (χ0n) is 10.7. The summed E-state index contributed by atoms with van der Waals surface area (Å²) in [6.45, 7) is 0. The van der Waals surface area contributed by atoms with Crippen molar-refractivity contribution in [1.82, 2.24) is 4.98 Å². The van der Waals surface area contributed by atoms with Crippen LogP contribution in [0, 0.1) is 0 Å². The molecule has 2 unspecified atom stereocenters. The van der Waals surface area contributed by atoms with Gasteiger partial charge < -0.3 is 10.2 Å². The molecule has 1 aliphatic rings. The van der Waals surface area contributed by atoms with E-state index in [2.05, 4.69) is 11.1 Å². The molecule has 3 aromatic rings. The van der Waals surface area contributed by atoms with Crippen molar-refractivity contribution in [3.63, 3.8) is 0 Å². The third kappa shape index (κ3) is 1.57. The minimum Gasteiger partial charge on any atom is -0.386 e. The molecule has 98 valence electrons. The van der Waals surface area contributed by atoms with Crippen molar-refractivity contribution in [3.05, 3.63) is 59.7 Å². The van der Waals surface area contributed by atoms with E-state index in [1.807, 2.05) is 42.5 Å². The minimum atomic E-state index is -0.870. The SMILES string of the molecule is OC1C=Cc2c(ccc3nc4ccccc4cc23)C1O. The van der Waals surface area contributed by atoms with Gasteiger partial charge in [0.25, 0.3) is 0 Å². The summed E-state index contributed by atoms with van der Waals surface area (Å²) in [5, 5.41) is 21.9. The fourth-order valence-corrected chi connectivity index (χ4v) is 2.82. The summed E-state index contributed by atoms with van der Waals surface area (Å²) < 4.78 is 0. The smallest absolute Gasteiger partial charge is 0.109 e. The van der Waals surface area contributed by atoms with Crippen LogP contribution in [0.3, 0.4) is 0 Å². The number of aromatic nitrogens is 1. The lowest BCUT2D eigenvalue weighted by atomic mass is 9.90. The number of para-hydroxylation sites is 1. The van der Waals surface area contributed by atoms with E-state index in [9.17, 15) is 10.2 Å². The number of fused-ring (bicyclic) bond motifs is 4. The Morgan fingerprint density at radius 2 is 1.80 bits per heavy atom. The first kappa shape index (κ1) is 11.6. The van der Waals surface area contributed by atoms with Crippen LogP contribution in [-0.4, -0.2) is 21.3 Å². The van der Waals surface area contributed by atoms with Gasteiger partial charge in [-0.2, -0.15) is 0 Å². The van der Waals surface area contributed by atoms with E-state index in [1.54, 1.807) is 6.08 Å². The van der Waals surface area contributed by atoms with Crippen molar-refractivity contribution < 1.29 is 10.2 Å². The zero-order chi connectivity index (χ0) is 13.7. The van der Waals surface area contributed by atoms with E-state index in [0.29, 0.717) is 0 Å². The highest BCUT2D eigenvalue weighted by molar-refractivity contribution is 5.98. The van der Waals surface area contributed by atoms with E-state index in [4.69, 9.17) is 0 Å². The fourth-order valence-electron chi connectivity index (χ4n) is 2.82. The number of hydrogen-bond donors (Lipinski definition) is 2. The predicted molar refractivity (Wildman–Crippen MR) is 79.2 cm³/mol.